The fraction of sp³-hybridized carbons (Fsp3) is 0.429. The Bertz CT molecular complexity index is 350. The molecular formula is C7H9NO5. The third kappa shape index (κ3) is 2.36. The van der Waals surface area contributed by atoms with Gasteiger partial charge in [-0.1, -0.05) is 0 Å². The molecule has 72 valence electrons. The average Bonchev–Trinajstić information content (AvgIpc) is 2.41. The maximum absolute atomic E-state index is 10.6. The van der Waals surface area contributed by atoms with Crippen LogP contribution in [0.4, 0.5) is 4.79 Å². The minimum Gasteiger partial charge on any atom is -0.441 e. The lowest BCUT2D eigenvalue weighted by Gasteiger charge is -1.99. The molecule has 13 heavy (non-hydrogen) atoms. The first-order chi connectivity index (χ1) is 6.13. The Kier molecular flexibility index (Phi) is 2.73. The largest absolute Gasteiger partial charge is 0.519 e. The van der Waals surface area contributed by atoms with Crippen LogP contribution in [-0.4, -0.2) is 13.1 Å². The minimum atomic E-state index is -0.798. The third-order valence-corrected chi connectivity index (χ3v) is 1.37. The number of ether oxygens (including phenoxy) is 1. The average molecular weight is 187 g/mol. The second-order valence-corrected chi connectivity index (χ2v) is 2.26. The van der Waals surface area contributed by atoms with Gasteiger partial charge in [0.05, 0.1) is 0 Å². The van der Waals surface area contributed by atoms with Crippen LogP contribution in [0.15, 0.2) is 13.6 Å². The van der Waals surface area contributed by atoms with Gasteiger partial charge in [-0.25, -0.2) is 9.59 Å². The molecule has 1 rings (SSSR count). The number of carbonyl (C=O) groups excluding carboxylic acids is 1. The fourth-order valence-corrected chi connectivity index (χ4v) is 0.710. The highest BCUT2D eigenvalue weighted by molar-refractivity contribution is 5.66. The molecule has 0 saturated heterocycles. The summed E-state index contributed by atoms with van der Waals surface area (Å²) in [6.07, 6.45) is -0.594. The number of amides is 1. The lowest BCUT2D eigenvalue weighted by molar-refractivity contribution is 0.132. The van der Waals surface area contributed by atoms with Crippen molar-refractivity contribution in [2.24, 2.45) is 0 Å². The van der Waals surface area contributed by atoms with Gasteiger partial charge in [-0.15, -0.1) is 0 Å². The van der Waals surface area contributed by atoms with Crippen molar-refractivity contribution in [3.05, 3.63) is 22.1 Å². The van der Waals surface area contributed by atoms with Crippen molar-refractivity contribution in [2.45, 2.75) is 13.5 Å². The predicted molar refractivity (Wildman–Crippen MR) is 41.2 cm³/mol. The molecule has 0 fully saturated rings. The van der Waals surface area contributed by atoms with E-state index in [2.05, 4.69) is 18.9 Å². The molecule has 0 radical (unpaired) electrons. The van der Waals surface area contributed by atoms with E-state index in [4.69, 9.17) is 0 Å². The van der Waals surface area contributed by atoms with Crippen LogP contribution in [0.5, 0.6) is 0 Å². The Hall–Kier alpha value is -1.72. The molecule has 0 aliphatic carbocycles. The number of nitrogens with one attached hydrogen (secondary N) is 1. The maximum atomic E-state index is 10.6. The number of hydrogen-bond donors (Lipinski definition) is 1. The van der Waals surface area contributed by atoms with Gasteiger partial charge in [0.15, 0.2) is 18.1 Å². The summed E-state index contributed by atoms with van der Waals surface area (Å²) in [5.74, 6) is -0.268. The van der Waals surface area contributed by atoms with E-state index in [0.717, 1.165) is 0 Å². The van der Waals surface area contributed by atoms with Gasteiger partial charge in [0.2, 0.25) is 0 Å². The Balaban J connectivity index is 2.59. The standard InChI is InChI=1S/C7H9NO5/c1-4-5(13-7(10)12-4)3-11-6(9)8-2/h3H2,1-2H3,(H,8,9). The molecule has 0 aliphatic rings. The van der Waals surface area contributed by atoms with Crippen LogP contribution < -0.4 is 11.1 Å². The minimum absolute atomic E-state index is 0.114. The van der Waals surface area contributed by atoms with E-state index in [9.17, 15) is 9.59 Å². The van der Waals surface area contributed by atoms with Gasteiger partial charge in [-0.2, -0.15) is 0 Å². The summed E-state index contributed by atoms with van der Waals surface area (Å²) < 4.78 is 13.8. The third-order valence-electron chi connectivity index (χ3n) is 1.37. The first kappa shape index (κ1) is 9.37. The quantitative estimate of drug-likeness (QED) is 0.724. The van der Waals surface area contributed by atoms with Crippen LogP contribution in [0.25, 0.3) is 0 Å². The molecule has 0 spiro atoms. The Morgan fingerprint density at radius 3 is 2.69 bits per heavy atom. The first-order valence-electron chi connectivity index (χ1n) is 3.57. The Morgan fingerprint density at radius 2 is 2.23 bits per heavy atom. The SMILES string of the molecule is CNC(=O)OCc1oc(=O)oc1C. The summed E-state index contributed by atoms with van der Waals surface area (Å²) >= 11 is 0. The van der Waals surface area contributed by atoms with Gasteiger partial charge in [0, 0.05) is 7.05 Å². The van der Waals surface area contributed by atoms with Gasteiger partial charge >= 0.3 is 11.9 Å². The number of alkyl carbamates (subject to hydrolysis) is 1. The number of rotatable bonds is 2. The van der Waals surface area contributed by atoms with Crippen LogP contribution in [0.3, 0.4) is 0 Å². The molecule has 1 aromatic rings. The number of carbonyl (C=O) groups is 1. The zero-order valence-corrected chi connectivity index (χ0v) is 7.25. The predicted octanol–water partition coefficient (Wildman–Crippen LogP) is 0.397. The van der Waals surface area contributed by atoms with Crippen LogP contribution >= 0.6 is 0 Å². The molecular weight excluding hydrogens is 178 g/mol. The fourth-order valence-electron chi connectivity index (χ4n) is 0.710. The second-order valence-electron chi connectivity index (χ2n) is 2.26. The number of hydrogen-bond acceptors (Lipinski definition) is 5. The summed E-state index contributed by atoms with van der Waals surface area (Å²) in [4.78, 5) is 21.2. The van der Waals surface area contributed by atoms with E-state index in [0.29, 0.717) is 5.76 Å². The van der Waals surface area contributed by atoms with Gasteiger partial charge in [-0.3, -0.25) is 0 Å². The van der Waals surface area contributed by atoms with Gasteiger partial charge in [-0.05, 0) is 6.92 Å². The molecule has 6 nitrogen and oxygen atoms in total. The monoisotopic (exact) mass is 187 g/mol. The molecule has 1 N–H and O–H groups in total. The zero-order chi connectivity index (χ0) is 9.84. The highest BCUT2D eigenvalue weighted by atomic mass is 16.6. The molecule has 1 heterocycles. The summed E-state index contributed by atoms with van der Waals surface area (Å²) in [5.41, 5.74) is 0. The van der Waals surface area contributed by atoms with Crippen molar-refractivity contribution < 1.29 is 18.4 Å². The van der Waals surface area contributed by atoms with Crippen molar-refractivity contribution in [2.75, 3.05) is 7.05 Å². The lowest BCUT2D eigenvalue weighted by Crippen LogP contribution is -2.18. The molecule has 0 aromatic carbocycles. The number of aryl methyl sites for hydroxylation is 1. The van der Waals surface area contributed by atoms with Crippen LogP contribution in [0.1, 0.15) is 11.5 Å². The molecule has 6 heteroatoms. The molecule has 0 unspecified atom stereocenters. The van der Waals surface area contributed by atoms with Crippen molar-refractivity contribution in [3.8, 4) is 0 Å². The van der Waals surface area contributed by atoms with Crippen molar-refractivity contribution in [1.82, 2.24) is 5.32 Å². The highest BCUT2D eigenvalue weighted by Gasteiger charge is 2.09. The summed E-state index contributed by atoms with van der Waals surface area (Å²) in [7, 11) is 1.43. The first-order valence-corrected chi connectivity index (χ1v) is 3.57. The smallest absolute Gasteiger partial charge is 0.441 e. The summed E-state index contributed by atoms with van der Waals surface area (Å²) in [6.45, 7) is 1.44. The summed E-state index contributed by atoms with van der Waals surface area (Å²) in [5, 5.41) is 2.25. The van der Waals surface area contributed by atoms with E-state index in [1.165, 1.54) is 7.05 Å². The molecule has 1 amide bonds. The molecule has 0 saturated carbocycles. The Labute approximate surface area is 73.5 Å². The molecule has 0 aliphatic heterocycles. The molecule has 0 bridgehead atoms. The van der Waals surface area contributed by atoms with Gasteiger partial charge in [0.25, 0.3) is 0 Å². The Morgan fingerprint density at radius 1 is 1.54 bits per heavy atom. The normalized spacial score (nSPS) is 9.69. The van der Waals surface area contributed by atoms with Gasteiger partial charge < -0.3 is 18.9 Å². The van der Waals surface area contributed by atoms with E-state index in [1.807, 2.05) is 0 Å². The van der Waals surface area contributed by atoms with Crippen LogP contribution in [0.2, 0.25) is 0 Å². The molecule has 0 atom stereocenters. The highest BCUT2D eigenvalue weighted by Crippen LogP contribution is 2.05. The van der Waals surface area contributed by atoms with E-state index in [-0.39, 0.29) is 12.4 Å². The summed E-state index contributed by atoms with van der Waals surface area (Å²) in [6, 6.07) is 0. The van der Waals surface area contributed by atoms with E-state index < -0.39 is 11.9 Å². The van der Waals surface area contributed by atoms with Crippen molar-refractivity contribution >= 4 is 6.09 Å². The van der Waals surface area contributed by atoms with Crippen LogP contribution in [0, 0.1) is 6.92 Å². The molecule has 1 aromatic heterocycles. The van der Waals surface area contributed by atoms with Crippen LogP contribution in [-0.2, 0) is 11.3 Å². The van der Waals surface area contributed by atoms with E-state index in [1.54, 1.807) is 6.92 Å². The van der Waals surface area contributed by atoms with Crippen molar-refractivity contribution in [1.29, 1.82) is 0 Å². The van der Waals surface area contributed by atoms with Gasteiger partial charge in [0.1, 0.15) is 0 Å². The van der Waals surface area contributed by atoms with E-state index >= 15 is 0 Å². The second kappa shape index (κ2) is 3.79. The zero-order valence-electron chi connectivity index (χ0n) is 7.25. The van der Waals surface area contributed by atoms with Crippen molar-refractivity contribution in [3.63, 3.8) is 0 Å². The lowest BCUT2D eigenvalue weighted by atomic mass is 10.4. The maximum Gasteiger partial charge on any atom is 0.519 e. The topological polar surface area (TPSA) is 81.7 Å².